The van der Waals surface area contributed by atoms with Crippen LogP contribution in [-0.4, -0.2) is 5.11 Å². The summed E-state index contributed by atoms with van der Waals surface area (Å²) in [4.78, 5) is 0. The summed E-state index contributed by atoms with van der Waals surface area (Å²) in [5.74, 6) is 0.105. The Hall–Kier alpha value is -1.73. The minimum Gasteiger partial charge on any atom is -0.506 e. The summed E-state index contributed by atoms with van der Waals surface area (Å²) in [6.07, 6.45) is 0. The maximum absolute atomic E-state index is 9.99. The van der Waals surface area contributed by atoms with Gasteiger partial charge in [-0.05, 0) is 5.56 Å². The molecule has 0 spiro atoms. The number of hydrogen-bond acceptors (Lipinski definition) is 1. The quantitative estimate of drug-likeness (QED) is 0.602. The Morgan fingerprint density at radius 3 is 1.69 bits per heavy atom. The van der Waals surface area contributed by atoms with Crippen LogP contribution in [0.5, 0.6) is 0 Å². The van der Waals surface area contributed by atoms with Gasteiger partial charge >= 0.3 is 0 Å². The molecule has 2 aromatic carbocycles. The van der Waals surface area contributed by atoms with Gasteiger partial charge in [0, 0.05) is 5.56 Å². The van der Waals surface area contributed by atoms with E-state index in [9.17, 15) is 5.11 Å². The third-order valence-electron chi connectivity index (χ3n) is 2.28. The van der Waals surface area contributed by atoms with Crippen molar-refractivity contribution in [3.63, 3.8) is 0 Å². The average Bonchev–Trinajstić information content (AvgIpc) is 2.39. The van der Waals surface area contributed by atoms with Crippen LogP contribution >= 0.6 is 11.6 Å². The van der Waals surface area contributed by atoms with Crippen LogP contribution in [0.15, 0.2) is 60.7 Å². The van der Waals surface area contributed by atoms with E-state index in [1.165, 1.54) is 0 Å². The highest BCUT2D eigenvalue weighted by atomic mass is 35.5. The Bertz CT molecular complexity index is 441. The lowest BCUT2D eigenvalue weighted by Gasteiger charge is -2.04. The minimum atomic E-state index is 0.105. The molecule has 0 aliphatic rings. The molecule has 0 radical (unpaired) electrons. The third kappa shape index (κ3) is 2.26. The molecule has 0 fully saturated rings. The number of aliphatic hydroxyl groups is 1. The Morgan fingerprint density at radius 1 is 0.750 bits per heavy atom. The average molecular weight is 231 g/mol. The molecule has 0 atom stereocenters. The molecule has 16 heavy (non-hydrogen) atoms. The molecular formula is C14H11ClO. The Balaban J connectivity index is 2.43. The van der Waals surface area contributed by atoms with Crippen molar-refractivity contribution in [2.24, 2.45) is 0 Å². The normalized spacial score (nSPS) is 12.1. The number of benzene rings is 2. The maximum atomic E-state index is 9.99. The number of halogens is 1. The van der Waals surface area contributed by atoms with Crippen molar-refractivity contribution < 1.29 is 5.11 Å². The second-order valence-corrected chi connectivity index (χ2v) is 3.77. The zero-order valence-electron chi connectivity index (χ0n) is 8.60. The van der Waals surface area contributed by atoms with Gasteiger partial charge in [-0.1, -0.05) is 72.3 Å². The van der Waals surface area contributed by atoms with Crippen molar-refractivity contribution in [2.75, 3.05) is 0 Å². The van der Waals surface area contributed by atoms with E-state index in [2.05, 4.69) is 0 Å². The first-order chi connectivity index (χ1) is 7.79. The molecule has 0 bridgehead atoms. The predicted octanol–water partition coefficient (Wildman–Crippen LogP) is 4.31. The van der Waals surface area contributed by atoms with Crippen LogP contribution in [0.3, 0.4) is 0 Å². The van der Waals surface area contributed by atoms with Gasteiger partial charge < -0.3 is 5.11 Å². The van der Waals surface area contributed by atoms with Crippen LogP contribution in [0.25, 0.3) is 10.8 Å². The summed E-state index contributed by atoms with van der Waals surface area (Å²) in [5.41, 5.74) is 1.53. The molecule has 1 nitrogen and oxygen atoms in total. The van der Waals surface area contributed by atoms with Crippen LogP contribution in [0.1, 0.15) is 11.1 Å². The van der Waals surface area contributed by atoms with E-state index < -0.39 is 0 Å². The van der Waals surface area contributed by atoms with Crippen LogP contribution in [0, 0.1) is 0 Å². The number of aliphatic hydroxyl groups excluding tert-OH is 1. The first kappa shape index (κ1) is 10.8. The summed E-state index contributed by atoms with van der Waals surface area (Å²) < 4.78 is 0. The molecule has 0 aliphatic carbocycles. The lowest BCUT2D eigenvalue weighted by molar-refractivity contribution is 0.514. The summed E-state index contributed by atoms with van der Waals surface area (Å²) in [6, 6.07) is 18.7. The lowest BCUT2D eigenvalue weighted by atomic mass is 10.1. The van der Waals surface area contributed by atoms with Gasteiger partial charge in [-0.2, -0.15) is 0 Å². The lowest BCUT2D eigenvalue weighted by Crippen LogP contribution is -1.86. The van der Waals surface area contributed by atoms with Crippen LogP contribution in [-0.2, 0) is 0 Å². The summed E-state index contributed by atoms with van der Waals surface area (Å²) >= 11 is 6.12. The molecule has 2 heteroatoms. The maximum Gasteiger partial charge on any atom is 0.141 e. The van der Waals surface area contributed by atoms with Crippen molar-refractivity contribution >= 4 is 22.4 Å². The van der Waals surface area contributed by atoms with Crippen molar-refractivity contribution in [3.05, 3.63) is 71.8 Å². The largest absolute Gasteiger partial charge is 0.506 e. The van der Waals surface area contributed by atoms with E-state index in [1.54, 1.807) is 0 Å². The fourth-order valence-corrected chi connectivity index (χ4v) is 1.68. The summed E-state index contributed by atoms with van der Waals surface area (Å²) in [5, 5.41) is 10.4. The standard InChI is InChI=1S/C14H11ClO/c15-13(11-7-3-1-4-8-11)14(16)12-9-5-2-6-10-12/h1-10,16H/b14-13-. The zero-order chi connectivity index (χ0) is 11.4. The fraction of sp³-hybridized carbons (Fsp3) is 0. The van der Waals surface area contributed by atoms with Gasteiger partial charge in [-0.15, -0.1) is 0 Å². The number of hydrogen-bond donors (Lipinski definition) is 1. The molecular weight excluding hydrogens is 220 g/mol. The van der Waals surface area contributed by atoms with Crippen LogP contribution in [0.4, 0.5) is 0 Å². The van der Waals surface area contributed by atoms with Gasteiger partial charge in [0.15, 0.2) is 0 Å². The van der Waals surface area contributed by atoms with E-state index in [1.807, 2.05) is 60.7 Å². The van der Waals surface area contributed by atoms with Crippen molar-refractivity contribution in [1.29, 1.82) is 0 Å². The van der Waals surface area contributed by atoms with Crippen LogP contribution in [0.2, 0.25) is 0 Å². The molecule has 0 unspecified atom stereocenters. The van der Waals surface area contributed by atoms with E-state index in [0.29, 0.717) is 5.03 Å². The third-order valence-corrected chi connectivity index (χ3v) is 2.68. The minimum absolute atomic E-state index is 0.105. The topological polar surface area (TPSA) is 20.2 Å². The highest BCUT2D eigenvalue weighted by Gasteiger charge is 2.06. The van der Waals surface area contributed by atoms with Gasteiger partial charge in [0.2, 0.25) is 0 Å². The van der Waals surface area contributed by atoms with Crippen molar-refractivity contribution in [3.8, 4) is 0 Å². The first-order valence-electron chi connectivity index (χ1n) is 4.98. The molecule has 0 saturated heterocycles. The Kier molecular flexibility index (Phi) is 3.28. The molecule has 0 amide bonds. The highest BCUT2D eigenvalue weighted by Crippen LogP contribution is 2.27. The second-order valence-electron chi connectivity index (χ2n) is 3.39. The van der Waals surface area contributed by atoms with Crippen LogP contribution < -0.4 is 0 Å². The Morgan fingerprint density at radius 2 is 1.19 bits per heavy atom. The molecule has 0 aromatic heterocycles. The van der Waals surface area contributed by atoms with Gasteiger partial charge in [-0.25, -0.2) is 0 Å². The molecule has 2 rings (SSSR count). The van der Waals surface area contributed by atoms with Gasteiger partial charge in [0.1, 0.15) is 5.76 Å². The predicted molar refractivity (Wildman–Crippen MR) is 68.2 cm³/mol. The van der Waals surface area contributed by atoms with Crippen molar-refractivity contribution in [2.45, 2.75) is 0 Å². The summed E-state index contributed by atoms with van der Waals surface area (Å²) in [7, 11) is 0. The van der Waals surface area contributed by atoms with Gasteiger partial charge in [0.25, 0.3) is 0 Å². The molecule has 2 aromatic rings. The van der Waals surface area contributed by atoms with E-state index in [4.69, 9.17) is 11.6 Å². The second kappa shape index (κ2) is 4.86. The SMILES string of the molecule is O/C(=C(\Cl)c1ccccc1)c1ccccc1. The molecule has 1 N–H and O–H groups in total. The summed E-state index contributed by atoms with van der Waals surface area (Å²) in [6.45, 7) is 0. The molecule has 0 aliphatic heterocycles. The monoisotopic (exact) mass is 230 g/mol. The smallest absolute Gasteiger partial charge is 0.141 e. The number of rotatable bonds is 2. The van der Waals surface area contributed by atoms with E-state index in [-0.39, 0.29) is 5.76 Å². The zero-order valence-corrected chi connectivity index (χ0v) is 9.35. The van der Waals surface area contributed by atoms with E-state index in [0.717, 1.165) is 11.1 Å². The van der Waals surface area contributed by atoms with E-state index >= 15 is 0 Å². The Labute approximate surface area is 99.6 Å². The fourth-order valence-electron chi connectivity index (χ4n) is 1.44. The van der Waals surface area contributed by atoms with Crippen molar-refractivity contribution in [1.82, 2.24) is 0 Å². The molecule has 80 valence electrons. The van der Waals surface area contributed by atoms with Gasteiger partial charge in [-0.3, -0.25) is 0 Å². The molecule has 0 heterocycles. The molecule has 0 saturated carbocycles. The highest BCUT2D eigenvalue weighted by molar-refractivity contribution is 6.52. The van der Waals surface area contributed by atoms with Gasteiger partial charge in [0.05, 0.1) is 5.03 Å². The first-order valence-corrected chi connectivity index (χ1v) is 5.36.